The van der Waals surface area contributed by atoms with Gasteiger partial charge in [-0.3, -0.25) is 4.79 Å². The molecule has 1 aromatic heterocycles. The van der Waals surface area contributed by atoms with Gasteiger partial charge in [0, 0.05) is 10.8 Å². The third-order valence-corrected chi connectivity index (χ3v) is 5.88. The molecule has 0 aliphatic carbocycles. The van der Waals surface area contributed by atoms with E-state index in [-0.39, 0.29) is 17.6 Å². The number of aryl methyl sites for hydroxylation is 2. The van der Waals surface area contributed by atoms with Crippen LogP contribution in [-0.2, 0) is 4.79 Å². The van der Waals surface area contributed by atoms with Crippen molar-refractivity contribution in [1.82, 2.24) is 4.98 Å². The molecule has 1 atom stereocenters. The fourth-order valence-corrected chi connectivity index (χ4v) is 4.10. The van der Waals surface area contributed by atoms with Crippen LogP contribution in [0.2, 0.25) is 0 Å². The third-order valence-electron chi connectivity index (χ3n) is 4.89. The van der Waals surface area contributed by atoms with Crippen molar-refractivity contribution in [3.05, 3.63) is 76.3 Å². The lowest BCUT2D eigenvalue weighted by Gasteiger charge is -2.33. The number of carbonyl (C=O) groups is 1. The minimum atomic E-state index is -0.761. The summed E-state index contributed by atoms with van der Waals surface area (Å²) in [5, 5.41) is 13.6. The quantitative estimate of drug-likeness (QED) is 0.634. The molecule has 0 bridgehead atoms. The molecule has 2 N–H and O–H groups in total. The highest BCUT2D eigenvalue weighted by Crippen LogP contribution is 2.42. The van der Waals surface area contributed by atoms with Gasteiger partial charge in [0.25, 0.3) is 0 Å². The van der Waals surface area contributed by atoms with Gasteiger partial charge in [-0.25, -0.2) is 4.98 Å². The molecule has 1 unspecified atom stereocenters. The smallest absolute Gasteiger partial charge is 0.232 e. The van der Waals surface area contributed by atoms with Crippen LogP contribution in [0.5, 0.6) is 5.75 Å². The van der Waals surface area contributed by atoms with Gasteiger partial charge in [0.15, 0.2) is 5.13 Å². The molecule has 1 heterocycles. The van der Waals surface area contributed by atoms with Gasteiger partial charge in [0.05, 0.1) is 11.1 Å². The zero-order valence-corrected chi connectivity index (χ0v) is 16.8. The van der Waals surface area contributed by atoms with Crippen molar-refractivity contribution in [2.24, 2.45) is 5.41 Å². The Morgan fingerprint density at radius 3 is 2.33 bits per heavy atom. The maximum absolute atomic E-state index is 13.2. The number of aromatic nitrogens is 1. The highest BCUT2D eigenvalue weighted by atomic mass is 32.1. The molecule has 4 nitrogen and oxygen atoms in total. The van der Waals surface area contributed by atoms with E-state index in [1.54, 1.807) is 12.1 Å². The maximum atomic E-state index is 13.2. The van der Waals surface area contributed by atoms with Gasteiger partial charge in [0.2, 0.25) is 5.91 Å². The van der Waals surface area contributed by atoms with Crippen molar-refractivity contribution < 1.29 is 9.90 Å². The Bertz CT molecular complexity index is 928. The summed E-state index contributed by atoms with van der Waals surface area (Å²) in [6.07, 6.45) is 0. The van der Waals surface area contributed by atoms with Gasteiger partial charge in [-0.2, -0.15) is 0 Å². The summed E-state index contributed by atoms with van der Waals surface area (Å²) in [5.74, 6) is -0.128. The summed E-state index contributed by atoms with van der Waals surface area (Å²) in [4.78, 5) is 18.7. The van der Waals surface area contributed by atoms with Crippen LogP contribution in [0.4, 0.5) is 5.13 Å². The average molecular weight is 381 g/mol. The van der Waals surface area contributed by atoms with Crippen LogP contribution in [0.3, 0.4) is 0 Å². The van der Waals surface area contributed by atoms with Gasteiger partial charge in [-0.05, 0) is 37.1 Å². The number of phenols is 1. The molecule has 0 fully saturated rings. The van der Waals surface area contributed by atoms with E-state index >= 15 is 0 Å². The summed E-state index contributed by atoms with van der Waals surface area (Å²) < 4.78 is 0. The van der Waals surface area contributed by atoms with E-state index in [2.05, 4.69) is 10.3 Å². The number of nitrogens with zero attached hydrogens (tertiary/aromatic N) is 1. The lowest BCUT2D eigenvalue weighted by Crippen LogP contribution is -2.37. The number of thiazole rings is 1. The van der Waals surface area contributed by atoms with E-state index in [9.17, 15) is 9.90 Å². The molecule has 140 valence electrons. The maximum Gasteiger partial charge on any atom is 0.232 e. The van der Waals surface area contributed by atoms with Crippen molar-refractivity contribution >= 4 is 22.4 Å². The second kappa shape index (κ2) is 7.53. The number of anilines is 1. The Hall–Kier alpha value is -2.66. The minimum Gasteiger partial charge on any atom is -0.508 e. The molecule has 27 heavy (non-hydrogen) atoms. The monoisotopic (exact) mass is 380 g/mol. The standard InChI is InChI=1S/C22H24N2O2S/c1-14-15(2)27-21(23-14)24-20(26)22(3,4)19(16-9-6-5-7-10-16)17-11-8-12-18(25)13-17/h5-13,19,25H,1-4H3,(H,23,24,26). The van der Waals surface area contributed by atoms with Gasteiger partial charge < -0.3 is 10.4 Å². The number of hydrogen-bond donors (Lipinski definition) is 2. The SMILES string of the molecule is Cc1nc(NC(=O)C(C)(C)C(c2ccccc2)c2cccc(O)c2)sc1C. The summed E-state index contributed by atoms with van der Waals surface area (Å²) in [6, 6.07) is 17.0. The Labute approximate surface area is 163 Å². The number of nitrogens with one attached hydrogen (secondary N) is 1. The second-order valence-corrected chi connectivity index (χ2v) is 8.48. The van der Waals surface area contributed by atoms with Gasteiger partial charge in [-0.15, -0.1) is 11.3 Å². The zero-order chi connectivity index (χ0) is 19.6. The Morgan fingerprint density at radius 1 is 1.07 bits per heavy atom. The van der Waals surface area contributed by atoms with E-state index in [4.69, 9.17) is 0 Å². The lowest BCUT2D eigenvalue weighted by atomic mass is 9.70. The number of aromatic hydroxyl groups is 1. The van der Waals surface area contributed by atoms with Gasteiger partial charge in [-0.1, -0.05) is 56.3 Å². The van der Waals surface area contributed by atoms with Crippen molar-refractivity contribution in [1.29, 1.82) is 0 Å². The number of phenolic OH excluding ortho intramolecular Hbond substituents is 1. The van der Waals surface area contributed by atoms with Crippen LogP contribution in [0.15, 0.2) is 54.6 Å². The van der Waals surface area contributed by atoms with E-state index in [1.807, 2.05) is 70.2 Å². The summed E-state index contributed by atoms with van der Waals surface area (Å²) >= 11 is 1.48. The lowest BCUT2D eigenvalue weighted by molar-refractivity contribution is -0.124. The molecular weight excluding hydrogens is 356 g/mol. The van der Waals surface area contributed by atoms with E-state index in [1.165, 1.54) is 11.3 Å². The summed E-state index contributed by atoms with van der Waals surface area (Å²) in [7, 11) is 0. The molecule has 0 saturated carbocycles. The average Bonchev–Trinajstić information content (AvgIpc) is 2.93. The molecule has 0 radical (unpaired) electrons. The van der Waals surface area contributed by atoms with Crippen molar-refractivity contribution in [2.75, 3.05) is 5.32 Å². The minimum absolute atomic E-state index is 0.103. The molecule has 0 aliphatic rings. The van der Waals surface area contributed by atoms with Crippen molar-refractivity contribution in [2.45, 2.75) is 33.6 Å². The molecule has 3 rings (SSSR count). The predicted molar refractivity (Wildman–Crippen MR) is 110 cm³/mol. The Morgan fingerprint density at radius 2 is 1.74 bits per heavy atom. The molecule has 2 aromatic carbocycles. The number of hydrogen-bond acceptors (Lipinski definition) is 4. The van der Waals surface area contributed by atoms with E-state index in [0.29, 0.717) is 5.13 Å². The first-order valence-corrected chi connectivity index (χ1v) is 9.70. The third kappa shape index (κ3) is 4.03. The number of amides is 1. The van der Waals surface area contributed by atoms with Crippen LogP contribution < -0.4 is 5.32 Å². The molecule has 1 amide bonds. The fraction of sp³-hybridized carbons (Fsp3) is 0.273. The largest absolute Gasteiger partial charge is 0.508 e. The summed E-state index contributed by atoms with van der Waals surface area (Å²) in [5.41, 5.74) is 2.09. The zero-order valence-electron chi connectivity index (χ0n) is 16.0. The predicted octanol–water partition coefficient (Wildman–Crippen LogP) is 5.26. The van der Waals surface area contributed by atoms with E-state index < -0.39 is 5.41 Å². The first kappa shape index (κ1) is 19.1. The molecular formula is C22H24N2O2S. The van der Waals surface area contributed by atoms with Gasteiger partial charge >= 0.3 is 0 Å². The molecule has 5 heteroatoms. The fourth-order valence-electron chi connectivity index (χ4n) is 3.29. The molecule has 0 aliphatic heterocycles. The molecule has 0 spiro atoms. The van der Waals surface area contributed by atoms with Crippen molar-refractivity contribution in [3.63, 3.8) is 0 Å². The molecule has 0 saturated heterocycles. The highest BCUT2D eigenvalue weighted by Gasteiger charge is 2.39. The topological polar surface area (TPSA) is 62.2 Å². The highest BCUT2D eigenvalue weighted by molar-refractivity contribution is 7.15. The molecule has 3 aromatic rings. The van der Waals surface area contributed by atoms with Gasteiger partial charge in [0.1, 0.15) is 5.75 Å². The van der Waals surface area contributed by atoms with Crippen LogP contribution in [0.25, 0.3) is 0 Å². The summed E-state index contributed by atoms with van der Waals surface area (Å²) in [6.45, 7) is 7.79. The second-order valence-electron chi connectivity index (χ2n) is 7.28. The van der Waals surface area contributed by atoms with Crippen LogP contribution in [0.1, 0.15) is 41.5 Å². The number of rotatable bonds is 5. The number of carbonyl (C=O) groups excluding carboxylic acids is 1. The van der Waals surface area contributed by atoms with Crippen molar-refractivity contribution in [3.8, 4) is 5.75 Å². The van der Waals surface area contributed by atoms with E-state index in [0.717, 1.165) is 21.7 Å². The Kier molecular flexibility index (Phi) is 5.33. The first-order chi connectivity index (χ1) is 12.8. The normalized spacial score (nSPS) is 12.6. The first-order valence-electron chi connectivity index (χ1n) is 8.88. The van der Waals surface area contributed by atoms with Crippen LogP contribution >= 0.6 is 11.3 Å². The van der Waals surface area contributed by atoms with Crippen LogP contribution in [-0.4, -0.2) is 16.0 Å². The van der Waals surface area contributed by atoms with Crippen LogP contribution in [0, 0.1) is 19.3 Å². The Balaban J connectivity index is 2.00. The number of benzene rings is 2.